The van der Waals surface area contributed by atoms with Gasteiger partial charge < -0.3 is 14.8 Å². The number of ether oxygens (including phenoxy) is 2. The highest BCUT2D eigenvalue weighted by Crippen LogP contribution is 2.27. The summed E-state index contributed by atoms with van der Waals surface area (Å²) in [6.45, 7) is 5.87. The number of morpholine rings is 1. The molecular formula is C17H25NO2. The molecule has 1 aliphatic heterocycles. The van der Waals surface area contributed by atoms with Crippen LogP contribution in [0.1, 0.15) is 51.1 Å². The van der Waals surface area contributed by atoms with Crippen LogP contribution in [-0.4, -0.2) is 24.9 Å². The zero-order valence-electron chi connectivity index (χ0n) is 12.5. The lowest BCUT2D eigenvalue weighted by atomic mass is 9.99. The summed E-state index contributed by atoms with van der Waals surface area (Å²) in [5, 5.41) is 3.64. The smallest absolute Gasteiger partial charge is 0.119 e. The van der Waals surface area contributed by atoms with E-state index in [1.165, 1.54) is 31.2 Å². The van der Waals surface area contributed by atoms with Gasteiger partial charge >= 0.3 is 0 Å². The van der Waals surface area contributed by atoms with E-state index in [0.717, 1.165) is 19.0 Å². The van der Waals surface area contributed by atoms with Crippen molar-refractivity contribution >= 4 is 0 Å². The van der Waals surface area contributed by atoms with Gasteiger partial charge in [-0.25, -0.2) is 0 Å². The Kier molecular flexibility index (Phi) is 3.99. The van der Waals surface area contributed by atoms with Gasteiger partial charge in [-0.2, -0.15) is 0 Å². The molecule has 1 aliphatic carbocycles. The summed E-state index contributed by atoms with van der Waals surface area (Å²) < 4.78 is 11.7. The van der Waals surface area contributed by atoms with Gasteiger partial charge in [0, 0.05) is 5.54 Å². The van der Waals surface area contributed by atoms with Gasteiger partial charge in [0.05, 0.1) is 25.4 Å². The Morgan fingerprint density at radius 1 is 1.15 bits per heavy atom. The lowest BCUT2D eigenvalue weighted by molar-refractivity contribution is 0.0127. The molecule has 3 nitrogen and oxygen atoms in total. The molecule has 0 radical (unpaired) electrons. The van der Waals surface area contributed by atoms with Gasteiger partial charge in [0.15, 0.2) is 0 Å². The SMILES string of the molecule is CC1(C)COCC(c2ccc(OC3CCCC3)cc2)N1. The molecule has 2 aliphatic rings. The maximum atomic E-state index is 6.01. The molecule has 0 amide bonds. The van der Waals surface area contributed by atoms with Crippen molar-refractivity contribution in [2.75, 3.05) is 13.2 Å². The minimum absolute atomic E-state index is 0.0436. The zero-order chi connectivity index (χ0) is 14.0. The summed E-state index contributed by atoms with van der Waals surface area (Å²) in [4.78, 5) is 0. The van der Waals surface area contributed by atoms with E-state index in [2.05, 4.69) is 43.4 Å². The molecule has 2 fully saturated rings. The summed E-state index contributed by atoms with van der Waals surface area (Å²) >= 11 is 0. The molecule has 1 atom stereocenters. The molecule has 0 bridgehead atoms. The summed E-state index contributed by atoms with van der Waals surface area (Å²) in [6, 6.07) is 8.78. The van der Waals surface area contributed by atoms with Gasteiger partial charge in [0.1, 0.15) is 5.75 Å². The van der Waals surface area contributed by atoms with Crippen molar-refractivity contribution < 1.29 is 9.47 Å². The van der Waals surface area contributed by atoms with Crippen LogP contribution in [0.2, 0.25) is 0 Å². The van der Waals surface area contributed by atoms with Crippen LogP contribution < -0.4 is 10.1 Å². The highest BCUT2D eigenvalue weighted by atomic mass is 16.5. The number of benzene rings is 1. The van der Waals surface area contributed by atoms with Crippen LogP contribution in [0.4, 0.5) is 0 Å². The molecule has 1 unspecified atom stereocenters. The number of nitrogens with one attached hydrogen (secondary N) is 1. The largest absolute Gasteiger partial charge is 0.490 e. The molecule has 1 heterocycles. The fourth-order valence-corrected chi connectivity index (χ4v) is 3.14. The first-order valence-corrected chi connectivity index (χ1v) is 7.74. The Bertz CT molecular complexity index is 435. The summed E-state index contributed by atoms with van der Waals surface area (Å²) in [6.07, 6.45) is 5.44. The average molecular weight is 275 g/mol. The minimum Gasteiger partial charge on any atom is -0.490 e. The third-order valence-corrected chi connectivity index (χ3v) is 4.20. The number of hydrogen-bond acceptors (Lipinski definition) is 3. The fourth-order valence-electron chi connectivity index (χ4n) is 3.14. The van der Waals surface area contributed by atoms with E-state index in [0.29, 0.717) is 6.10 Å². The van der Waals surface area contributed by atoms with Gasteiger partial charge in [0.25, 0.3) is 0 Å². The van der Waals surface area contributed by atoms with E-state index < -0.39 is 0 Å². The first-order valence-electron chi connectivity index (χ1n) is 7.74. The molecular weight excluding hydrogens is 250 g/mol. The lowest BCUT2D eigenvalue weighted by Crippen LogP contribution is -2.51. The Morgan fingerprint density at radius 3 is 2.50 bits per heavy atom. The van der Waals surface area contributed by atoms with Crippen LogP contribution >= 0.6 is 0 Å². The van der Waals surface area contributed by atoms with Crippen molar-refractivity contribution in [3.63, 3.8) is 0 Å². The second-order valence-corrected chi connectivity index (χ2v) is 6.69. The third kappa shape index (κ3) is 3.33. The number of rotatable bonds is 3. The van der Waals surface area contributed by atoms with Gasteiger partial charge in [0.2, 0.25) is 0 Å². The van der Waals surface area contributed by atoms with E-state index in [1.54, 1.807) is 0 Å². The van der Waals surface area contributed by atoms with Gasteiger partial charge in [-0.15, -0.1) is 0 Å². The molecule has 1 N–H and O–H groups in total. The van der Waals surface area contributed by atoms with Crippen molar-refractivity contribution in [3.8, 4) is 5.75 Å². The molecule has 1 saturated heterocycles. The van der Waals surface area contributed by atoms with Crippen molar-refractivity contribution in [3.05, 3.63) is 29.8 Å². The van der Waals surface area contributed by atoms with Crippen molar-refractivity contribution in [2.24, 2.45) is 0 Å². The topological polar surface area (TPSA) is 30.5 Å². The minimum atomic E-state index is 0.0436. The van der Waals surface area contributed by atoms with Crippen LogP contribution in [0.3, 0.4) is 0 Å². The monoisotopic (exact) mass is 275 g/mol. The number of hydrogen-bond donors (Lipinski definition) is 1. The average Bonchev–Trinajstić information content (AvgIpc) is 2.91. The van der Waals surface area contributed by atoms with Crippen LogP contribution in [0, 0.1) is 0 Å². The Balaban J connectivity index is 1.63. The third-order valence-electron chi connectivity index (χ3n) is 4.20. The Hall–Kier alpha value is -1.06. The second kappa shape index (κ2) is 5.74. The highest BCUT2D eigenvalue weighted by molar-refractivity contribution is 5.30. The quantitative estimate of drug-likeness (QED) is 0.916. The molecule has 1 aromatic rings. The van der Waals surface area contributed by atoms with Crippen molar-refractivity contribution in [2.45, 2.75) is 57.2 Å². The summed E-state index contributed by atoms with van der Waals surface area (Å²) in [7, 11) is 0. The van der Waals surface area contributed by atoms with Gasteiger partial charge in [-0.3, -0.25) is 0 Å². The maximum absolute atomic E-state index is 6.01. The van der Waals surface area contributed by atoms with Crippen molar-refractivity contribution in [1.29, 1.82) is 0 Å². The summed E-state index contributed by atoms with van der Waals surface area (Å²) in [5.74, 6) is 0.997. The van der Waals surface area contributed by atoms with Crippen LogP contribution in [0.25, 0.3) is 0 Å². The van der Waals surface area contributed by atoms with Crippen LogP contribution in [0.15, 0.2) is 24.3 Å². The first kappa shape index (κ1) is 13.9. The molecule has 0 aromatic heterocycles. The highest BCUT2D eigenvalue weighted by Gasteiger charge is 2.28. The van der Waals surface area contributed by atoms with E-state index in [9.17, 15) is 0 Å². The second-order valence-electron chi connectivity index (χ2n) is 6.69. The first-order chi connectivity index (χ1) is 9.62. The molecule has 110 valence electrons. The van der Waals surface area contributed by atoms with Gasteiger partial charge in [-0.1, -0.05) is 12.1 Å². The molecule has 1 aromatic carbocycles. The molecule has 3 heteroatoms. The molecule has 0 spiro atoms. The standard InChI is InChI=1S/C17H25NO2/c1-17(2)12-19-11-16(18-17)13-7-9-15(10-8-13)20-14-5-3-4-6-14/h7-10,14,16,18H,3-6,11-12H2,1-2H3. The predicted octanol–water partition coefficient (Wildman–Crippen LogP) is 3.45. The maximum Gasteiger partial charge on any atom is 0.119 e. The zero-order valence-corrected chi connectivity index (χ0v) is 12.5. The Morgan fingerprint density at radius 2 is 1.85 bits per heavy atom. The van der Waals surface area contributed by atoms with E-state index in [1.807, 2.05) is 0 Å². The van der Waals surface area contributed by atoms with Crippen LogP contribution in [-0.2, 0) is 4.74 Å². The summed E-state index contributed by atoms with van der Waals surface area (Å²) in [5.41, 5.74) is 1.32. The van der Waals surface area contributed by atoms with E-state index in [4.69, 9.17) is 9.47 Å². The molecule has 1 saturated carbocycles. The Labute approximate surface area is 121 Å². The lowest BCUT2D eigenvalue weighted by Gasteiger charge is -2.37. The van der Waals surface area contributed by atoms with Gasteiger partial charge in [-0.05, 0) is 57.2 Å². The van der Waals surface area contributed by atoms with E-state index >= 15 is 0 Å². The van der Waals surface area contributed by atoms with Crippen LogP contribution in [0.5, 0.6) is 5.75 Å². The fraction of sp³-hybridized carbons (Fsp3) is 0.647. The molecule has 3 rings (SSSR count). The predicted molar refractivity (Wildman–Crippen MR) is 80.1 cm³/mol. The normalized spacial score (nSPS) is 26.6. The molecule has 20 heavy (non-hydrogen) atoms. The van der Waals surface area contributed by atoms with E-state index in [-0.39, 0.29) is 11.6 Å². The van der Waals surface area contributed by atoms with Crippen molar-refractivity contribution in [1.82, 2.24) is 5.32 Å².